The van der Waals surface area contributed by atoms with Crippen molar-refractivity contribution < 1.29 is 19.1 Å². The molecule has 2 rings (SSSR count). The van der Waals surface area contributed by atoms with Crippen LogP contribution in [0.2, 0.25) is 0 Å². The molecule has 3 unspecified atom stereocenters. The van der Waals surface area contributed by atoms with E-state index < -0.39 is 23.8 Å². The van der Waals surface area contributed by atoms with Crippen molar-refractivity contribution in [3.8, 4) is 0 Å². The van der Waals surface area contributed by atoms with Gasteiger partial charge in [0.05, 0.1) is 0 Å². The Balaban J connectivity index is 2.58. The molecular weight excluding hydrogens is 478 g/mol. The van der Waals surface area contributed by atoms with Gasteiger partial charge in [-0.3, -0.25) is 9.59 Å². The number of hydrogen-bond donors (Lipinski definition) is 2. The van der Waals surface area contributed by atoms with Gasteiger partial charge >= 0.3 is 6.09 Å². The van der Waals surface area contributed by atoms with Gasteiger partial charge in [0, 0.05) is 12.2 Å². The highest BCUT2D eigenvalue weighted by atomic mass is 16.6. The summed E-state index contributed by atoms with van der Waals surface area (Å²) in [5.74, 6) is -0.935. The van der Waals surface area contributed by atoms with E-state index in [-0.39, 0.29) is 24.3 Å². The molecule has 0 aliphatic carbocycles. The molecule has 0 aliphatic rings. The number of amides is 3. The van der Waals surface area contributed by atoms with Crippen LogP contribution in [0.5, 0.6) is 0 Å². The van der Waals surface area contributed by atoms with E-state index in [0.29, 0.717) is 17.7 Å². The summed E-state index contributed by atoms with van der Waals surface area (Å²) in [6, 6.07) is 11.5. The van der Waals surface area contributed by atoms with Crippen molar-refractivity contribution in [2.45, 2.75) is 79.5 Å². The van der Waals surface area contributed by atoms with Gasteiger partial charge < -0.3 is 20.3 Å². The lowest BCUT2D eigenvalue weighted by molar-refractivity contribution is -0.141. The normalized spacial score (nSPS) is 13.6. The number of aryl methyl sites for hydroxylation is 3. The molecule has 2 N–H and O–H groups in total. The SMILES string of the molecule is C=CCN(C(=O)C(NC(=O)OC(C)(C)C)C(C)CC)C(C(=O)Nc1ccccc1C)c1cc(C)cc(C)c1. The second-order valence-electron chi connectivity index (χ2n) is 10.9. The molecule has 0 bridgehead atoms. The van der Waals surface area contributed by atoms with Gasteiger partial charge in [-0.15, -0.1) is 6.58 Å². The molecule has 0 spiro atoms. The number of rotatable bonds is 10. The topological polar surface area (TPSA) is 87.7 Å². The Morgan fingerprint density at radius 3 is 2.18 bits per heavy atom. The molecule has 0 aromatic heterocycles. The molecule has 206 valence electrons. The third-order valence-corrected chi connectivity index (χ3v) is 6.28. The van der Waals surface area contributed by atoms with Gasteiger partial charge in [0.25, 0.3) is 5.91 Å². The first-order valence-corrected chi connectivity index (χ1v) is 13.1. The first-order valence-electron chi connectivity index (χ1n) is 13.1. The second-order valence-corrected chi connectivity index (χ2v) is 10.9. The molecule has 2 aromatic rings. The molecule has 0 saturated carbocycles. The minimum atomic E-state index is -0.953. The maximum Gasteiger partial charge on any atom is 0.408 e. The smallest absolute Gasteiger partial charge is 0.408 e. The average Bonchev–Trinajstić information content (AvgIpc) is 2.81. The predicted molar refractivity (Wildman–Crippen MR) is 153 cm³/mol. The van der Waals surface area contributed by atoms with Crippen molar-refractivity contribution >= 4 is 23.6 Å². The van der Waals surface area contributed by atoms with E-state index in [2.05, 4.69) is 17.2 Å². The maximum absolute atomic E-state index is 14.2. The van der Waals surface area contributed by atoms with Gasteiger partial charge in [-0.05, 0) is 64.7 Å². The second kappa shape index (κ2) is 13.3. The van der Waals surface area contributed by atoms with Gasteiger partial charge in [0.15, 0.2) is 0 Å². The van der Waals surface area contributed by atoms with Crippen LogP contribution in [0.25, 0.3) is 0 Å². The molecule has 0 aliphatic heterocycles. The molecule has 0 radical (unpaired) electrons. The van der Waals surface area contributed by atoms with Crippen LogP contribution < -0.4 is 10.6 Å². The largest absolute Gasteiger partial charge is 0.444 e. The molecule has 0 saturated heterocycles. The van der Waals surface area contributed by atoms with Crippen LogP contribution in [0.4, 0.5) is 10.5 Å². The zero-order chi connectivity index (χ0) is 28.6. The number of hydrogen-bond acceptors (Lipinski definition) is 4. The third kappa shape index (κ3) is 8.47. The predicted octanol–water partition coefficient (Wildman–Crippen LogP) is 6.25. The van der Waals surface area contributed by atoms with Crippen molar-refractivity contribution in [2.24, 2.45) is 5.92 Å². The fourth-order valence-corrected chi connectivity index (χ4v) is 4.31. The standard InChI is InChI=1S/C31H43N3O4/c1-10-16-34(29(36)26(22(5)11-2)33-30(37)38-31(7,8)9)27(24-18-20(3)17-21(4)19-24)28(35)32-25-15-13-12-14-23(25)6/h10,12-15,17-19,22,26-27H,1,11,16H2,2-9H3,(H,32,35)(H,33,37). The summed E-state index contributed by atoms with van der Waals surface area (Å²) in [4.78, 5) is 42.3. The van der Waals surface area contributed by atoms with Gasteiger partial charge in [0.1, 0.15) is 17.7 Å². The van der Waals surface area contributed by atoms with Crippen molar-refractivity contribution in [1.82, 2.24) is 10.2 Å². The Hall–Kier alpha value is -3.61. The first-order chi connectivity index (χ1) is 17.8. The van der Waals surface area contributed by atoms with E-state index in [1.165, 1.54) is 4.90 Å². The number of carbonyl (C=O) groups excluding carboxylic acids is 3. The van der Waals surface area contributed by atoms with E-state index in [1.54, 1.807) is 26.8 Å². The number of para-hydroxylation sites is 1. The molecule has 38 heavy (non-hydrogen) atoms. The molecule has 3 atom stereocenters. The van der Waals surface area contributed by atoms with E-state index in [0.717, 1.165) is 16.7 Å². The highest BCUT2D eigenvalue weighted by Crippen LogP contribution is 2.28. The van der Waals surface area contributed by atoms with Gasteiger partial charge in [0.2, 0.25) is 5.91 Å². The Labute approximate surface area is 227 Å². The summed E-state index contributed by atoms with van der Waals surface area (Å²) in [6.45, 7) is 18.9. The van der Waals surface area contributed by atoms with E-state index >= 15 is 0 Å². The lowest BCUT2D eigenvalue weighted by Gasteiger charge is -2.35. The van der Waals surface area contributed by atoms with Crippen molar-refractivity contribution in [3.63, 3.8) is 0 Å². The maximum atomic E-state index is 14.2. The van der Waals surface area contributed by atoms with Crippen molar-refractivity contribution in [2.75, 3.05) is 11.9 Å². The molecule has 3 amide bonds. The minimum Gasteiger partial charge on any atom is -0.444 e. The number of alkyl carbamates (subject to hydrolysis) is 1. The van der Waals surface area contributed by atoms with Crippen LogP contribution in [0.1, 0.15) is 69.3 Å². The molecular formula is C31H43N3O4. The zero-order valence-electron chi connectivity index (χ0n) is 24.1. The first kappa shape index (κ1) is 30.6. The zero-order valence-corrected chi connectivity index (χ0v) is 24.1. The summed E-state index contributed by atoms with van der Waals surface area (Å²) in [7, 11) is 0. The summed E-state index contributed by atoms with van der Waals surface area (Å²) >= 11 is 0. The highest BCUT2D eigenvalue weighted by molar-refractivity contribution is 5.99. The van der Waals surface area contributed by atoms with Crippen LogP contribution in [0.3, 0.4) is 0 Å². The van der Waals surface area contributed by atoms with Crippen molar-refractivity contribution in [1.29, 1.82) is 0 Å². The lowest BCUT2D eigenvalue weighted by Crippen LogP contribution is -2.54. The van der Waals surface area contributed by atoms with Gasteiger partial charge in [-0.1, -0.05) is 73.9 Å². The Morgan fingerprint density at radius 2 is 1.66 bits per heavy atom. The summed E-state index contributed by atoms with van der Waals surface area (Å²) in [5.41, 5.74) is 3.50. The van der Waals surface area contributed by atoms with Gasteiger partial charge in [-0.2, -0.15) is 0 Å². The summed E-state index contributed by atoms with van der Waals surface area (Å²) < 4.78 is 5.45. The third-order valence-electron chi connectivity index (χ3n) is 6.28. The number of nitrogens with zero attached hydrogens (tertiary/aromatic N) is 1. The molecule has 7 heteroatoms. The quantitative estimate of drug-likeness (QED) is 0.362. The van der Waals surface area contributed by atoms with Crippen molar-refractivity contribution in [3.05, 3.63) is 77.4 Å². The fourth-order valence-electron chi connectivity index (χ4n) is 4.31. The number of benzene rings is 2. The number of nitrogens with one attached hydrogen (secondary N) is 2. The molecule has 7 nitrogen and oxygen atoms in total. The van der Waals surface area contributed by atoms with Crippen LogP contribution in [-0.4, -0.2) is 41.0 Å². The van der Waals surface area contributed by atoms with E-state index in [4.69, 9.17) is 4.74 Å². The number of ether oxygens (including phenoxy) is 1. The Kier molecular flexibility index (Phi) is 10.7. The summed E-state index contributed by atoms with van der Waals surface area (Å²) in [5, 5.41) is 5.79. The van der Waals surface area contributed by atoms with Crippen LogP contribution in [0.15, 0.2) is 55.1 Å². The minimum absolute atomic E-state index is 0.112. The van der Waals surface area contributed by atoms with E-state index in [9.17, 15) is 14.4 Å². The Morgan fingerprint density at radius 1 is 1.05 bits per heavy atom. The average molecular weight is 522 g/mol. The molecule has 0 fully saturated rings. The monoisotopic (exact) mass is 521 g/mol. The number of anilines is 1. The fraction of sp³-hybridized carbons (Fsp3) is 0.452. The van der Waals surface area contributed by atoms with Crippen LogP contribution >= 0.6 is 0 Å². The van der Waals surface area contributed by atoms with Crippen LogP contribution in [0, 0.1) is 26.7 Å². The lowest BCUT2D eigenvalue weighted by atomic mass is 9.94. The van der Waals surface area contributed by atoms with Gasteiger partial charge in [-0.25, -0.2) is 4.79 Å². The number of carbonyl (C=O) groups is 3. The molecule has 0 heterocycles. The Bertz CT molecular complexity index is 1130. The van der Waals surface area contributed by atoms with E-state index in [1.807, 2.05) is 77.1 Å². The summed E-state index contributed by atoms with van der Waals surface area (Å²) in [6.07, 6.45) is 1.55. The van der Waals surface area contributed by atoms with Crippen LogP contribution in [-0.2, 0) is 14.3 Å². The molecule has 2 aromatic carbocycles. The highest BCUT2D eigenvalue weighted by Gasteiger charge is 2.38.